The van der Waals surface area contributed by atoms with Crippen LogP contribution in [0.15, 0.2) is 65.2 Å². The summed E-state index contributed by atoms with van der Waals surface area (Å²) in [5.41, 5.74) is 1.02. The summed E-state index contributed by atoms with van der Waals surface area (Å²) >= 11 is 1.35. The highest BCUT2D eigenvalue weighted by atomic mass is 32.2. The Morgan fingerprint density at radius 3 is 2.38 bits per heavy atom. The highest BCUT2D eigenvalue weighted by Crippen LogP contribution is 2.22. The molecule has 0 saturated heterocycles. The summed E-state index contributed by atoms with van der Waals surface area (Å²) in [6.45, 7) is 2.07. The number of benzene rings is 2. The minimum absolute atomic E-state index is 0.0681. The maximum atomic E-state index is 12.8. The molecule has 0 aliphatic heterocycles. The fourth-order valence-electron chi connectivity index (χ4n) is 2.47. The molecule has 4 nitrogen and oxygen atoms in total. The molecule has 0 N–H and O–H groups in total. The Morgan fingerprint density at radius 2 is 1.77 bits per heavy atom. The molecular weight excluding hydrogens is 346 g/mol. The van der Waals surface area contributed by atoms with E-state index in [0.29, 0.717) is 22.8 Å². The molecule has 2 rings (SSSR count). The number of nitrogens with zero attached hydrogens (tertiary/aromatic N) is 1. The number of hydrogen-bond acceptors (Lipinski definition) is 5. The number of fused-ring (bicyclic) bond motifs is 1. The number of Topliss-reactive ketones (excluding diaryl/α,β-unsaturated/α-hetero) is 1. The summed E-state index contributed by atoms with van der Waals surface area (Å²) in [5.74, 6) is -0.478. The van der Waals surface area contributed by atoms with Gasteiger partial charge >= 0.3 is 5.97 Å². The maximum absolute atomic E-state index is 12.8. The third kappa shape index (κ3) is 4.76. The molecule has 0 aliphatic carbocycles. The van der Waals surface area contributed by atoms with Gasteiger partial charge in [-0.3, -0.25) is 4.79 Å². The maximum Gasteiger partial charge on any atom is 0.354 e. The van der Waals surface area contributed by atoms with E-state index in [0.717, 1.165) is 10.8 Å². The molecule has 0 spiro atoms. The van der Waals surface area contributed by atoms with Gasteiger partial charge in [0.25, 0.3) is 0 Å². The molecule has 136 valence electrons. The van der Waals surface area contributed by atoms with Gasteiger partial charge in [-0.25, -0.2) is 4.79 Å². The Bertz CT molecular complexity index is 868. The number of carbonyl (C=O) groups excluding carboxylic acids is 2. The lowest BCUT2D eigenvalue weighted by atomic mass is 10.0. The molecule has 2 aromatic rings. The van der Waals surface area contributed by atoms with Crippen molar-refractivity contribution in [2.75, 3.05) is 27.0 Å². The molecule has 5 heteroatoms. The Balaban J connectivity index is 2.35. The molecule has 2 aromatic carbocycles. The number of hydrogen-bond donors (Lipinski definition) is 0. The topological polar surface area (TPSA) is 46.6 Å². The summed E-state index contributed by atoms with van der Waals surface area (Å²) in [5, 5.41) is 2.12. The van der Waals surface area contributed by atoms with Crippen molar-refractivity contribution in [3.63, 3.8) is 0 Å². The van der Waals surface area contributed by atoms with E-state index in [2.05, 4.69) is 0 Å². The van der Waals surface area contributed by atoms with Crippen molar-refractivity contribution in [3.8, 4) is 0 Å². The van der Waals surface area contributed by atoms with Crippen LogP contribution in [0.25, 0.3) is 10.8 Å². The lowest BCUT2D eigenvalue weighted by Crippen LogP contribution is -2.21. The van der Waals surface area contributed by atoms with Gasteiger partial charge in [-0.15, -0.1) is 11.8 Å². The molecular formula is C21H23NO3S. The molecule has 0 unspecified atom stereocenters. The van der Waals surface area contributed by atoms with Crippen LogP contribution >= 0.6 is 11.8 Å². The van der Waals surface area contributed by atoms with E-state index < -0.39 is 5.97 Å². The minimum atomic E-state index is -0.410. The zero-order chi connectivity index (χ0) is 19.1. The number of likely N-dealkylation sites (N-methyl/N-ethyl adjacent to an activating group) is 1. The number of rotatable bonds is 7. The summed E-state index contributed by atoms with van der Waals surface area (Å²) in [6.07, 6.45) is 5.15. The van der Waals surface area contributed by atoms with Crippen molar-refractivity contribution < 1.29 is 14.3 Å². The van der Waals surface area contributed by atoms with Crippen molar-refractivity contribution in [1.29, 1.82) is 0 Å². The second-order valence-electron chi connectivity index (χ2n) is 5.79. The Kier molecular flexibility index (Phi) is 7.04. The van der Waals surface area contributed by atoms with E-state index in [4.69, 9.17) is 4.74 Å². The van der Waals surface area contributed by atoms with Gasteiger partial charge in [-0.05, 0) is 42.2 Å². The molecule has 0 radical (unpaired) electrons. The van der Waals surface area contributed by atoms with Crippen molar-refractivity contribution in [2.24, 2.45) is 0 Å². The standard InChI is InChI=1S/C21H23NO3S/c1-5-25-21(24)18(22(2)3)12-13-19(26-4)20(23)17-11-10-15-8-6-7-9-16(15)14-17/h6-14H,5H2,1-4H3/b18-12-,19-13-. The Morgan fingerprint density at radius 1 is 1.08 bits per heavy atom. The smallest absolute Gasteiger partial charge is 0.354 e. The third-order valence-corrected chi connectivity index (χ3v) is 4.58. The molecule has 0 aliphatic rings. The molecule has 0 amide bonds. The van der Waals surface area contributed by atoms with E-state index in [-0.39, 0.29) is 5.78 Å². The number of allylic oxidation sites excluding steroid dienone is 3. The van der Waals surface area contributed by atoms with Gasteiger partial charge in [0.15, 0.2) is 5.78 Å². The van der Waals surface area contributed by atoms with E-state index in [1.54, 1.807) is 38.1 Å². The molecule has 0 heterocycles. The van der Waals surface area contributed by atoms with E-state index in [1.807, 2.05) is 48.7 Å². The first-order valence-electron chi connectivity index (χ1n) is 8.31. The SMILES string of the molecule is CCOC(=O)/C(=C/C=C(\SC)C(=O)c1ccc2ccccc2c1)N(C)C. The van der Waals surface area contributed by atoms with Gasteiger partial charge in [-0.2, -0.15) is 0 Å². The van der Waals surface area contributed by atoms with Gasteiger partial charge in [0.1, 0.15) is 5.70 Å². The number of thioether (sulfide) groups is 1. The summed E-state index contributed by atoms with van der Waals surface area (Å²) in [6, 6.07) is 13.6. The average molecular weight is 369 g/mol. The van der Waals surface area contributed by atoms with Gasteiger partial charge in [0, 0.05) is 19.7 Å². The fourth-order valence-corrected chi connectivity index (χ4v) is 2.98. The van der Waals surface area contributed by atoms with Crippen LogP contribution < -0.4 is 0 Å². The van der Waals surface area contributed by atoms with Crippen LogP contribution in [0, 0.1) is 0 Å². The molecule has 0 fully saturated rings. The molecule has 0 atom stereocenters. The normalized spacial score (nSPS) is 12.2. The average Bonchev–Trinajstić information content (AvgIpc) is 2.64. The minimum Gasteiger partial charge on any atom is -0.461 e. The second kappa shape index (κ2) is 9.25. The van der Waals surface area contributed by atoms with Crippen LogP contribution in [0.1, 0.15) is 17.3 Å². The number of esters is 1. The van der Waals surface area contributed by atoms with Crippen LogP contribution in [-0.2, 0) is 9.53 Å². The summed E-state index contributed by atoms with van der Waals surface area (Å²) in [4.78, 5) is 27.1. The van der Waals surface area contributed by atoms with E-state index >= 15 is 0 Å². The van der Waals surface area contributed by atoms with Gasteiger partial charge in [-0.1, -0.05) is 36.4 Å². The first-order valence-corrected chi connectivity index (χ1v) is 9.54. The van der Waals surface area contributed by atoms with E-state index in [1.165, 1.54) is 11.8 Å². The largest absolute Gasteiger partial charge is 0.461 e. The highest BCUT2D eigenvalue weighted by Gasteiger charge is 2.14. The van der Waals surface area contributed by atoms with Crippen molar-refractivity contribution >= 4 is 34.3 Å². The van der Waals surface area contributed by atoms with Crippen LogP contribution in [0.2, 0.25) is 0 Å². The van der Waals surface area contributed by atoms with Gasteiger partial charge in [0.2, 0.25) is 0 Å². The van der Waals surface area contributed by atoms with Crippen molar-refractivity contribution in [3.05, 3.63) is 70.8 Å². The third-order valence-electron chi connectivity index (χ3n) is 3.81. The van der Waals surface area contributed by atoms with Gasteiger partial charge in [0.05, 0.1) is 11.5 Å². The quantitative estimate of drug-likeness (QED) is 0.316. The van der Waals surface area contributed by atoms with Crippen molar-refractivity contribution in [1.82, 2.24) is 4.90 Å². The number of carbonyl (C=O) groups is 2. The molecule has 0 bridgehead atoms. The van der Waals surface area contributed by atoms with Crippen LogP contribution in [0.3, 0.4) is 0 Å². The van der Waals surface area contributed by atoms with Gasteiger partial charge < -0.3 is 9.64 Å². The predicted octanol–water partition coefficient (Wildman–Crippen LogP) is 4.28. The predicted molar refractivity (Wildman–Crippen MR) is 108 cm³/mol. The lowest BCUT2D eigenvalue weighted by molar-refractivity contribution is -0.140. The molecule has 0 saturated carbocycles. The lowest BCUT2D eigenvalue weighted by Gasteiger charge is -2.15. The molecule has 0 aromatic heterocycles. The summed E-state index contributed by atoms with van der Waals surface area (Å²) in [7, 11) is 3.53. The Hall–Kier alpha value is -2.53. The van der Waals surface area contributed by atoms with Crippen LogP contribution in [0.5, 0.6) is 0 Å². The zero-order valence-corrected chi connectivity index (χ0v) is 16.3. The van der Waals surface area contributed by atoms with Crippen LogP contribution in [0.4, 0.5) is 0 Å². The first kappa shape index (κ1) is 19.8. The molecule has 26 heavy (non-hydrogen) atoms. The number of ketones is 1. The summed E-state index contributed by atoms with van der Waals surface area (Å²) < 4.78 is 5.05. The zero-order valence-electron chi connectivity index (χ0n) is 15.5. The second-order valence-corrected chi connectivity index (χ2v) is 6.64. The highest BCUT2D eigenvalue weighted by molar-refractivity contribution is 8.03. The van der Waals surface area contributed by atoms with Crippen LogP contribution in [-0.4, -0.2) is 43.6 Å². The number of ether oxygens (including phenoxy) is 1. The monoisotopic (exact) mass is 369 g/mol. The van der Waals surface area contributed by atoms with E-state index in [9.17, 15) is 9.59 Å². The van der Waals surface area contributed by atoms with Crippen molar-refractivity contribution in [2.45, 2.75) is 6.92 Å². The Labute approximate surface area is 158 Å². The first-order chi connectivity index (χ1) is 12.5. The fraction of sp³-hybridized carbons (Fsp3) is 0.238.